The molecular weight excluding hydrogens is 280 g/mol. The van der Waals surface area contributed by atoms with Crippen molar-refractivity contribution in [1.82, 2.24) is 5.32 Å². The van der Waals surface area contributed by atoms with Crippen molar-refractivity contribution in [3.8, 4) is 0 Å². The Morgan fingerprint density at radius 1 is 1.33 bits per heavy atom. The van der Waals surface area contributed by atoms with Gasteiger partial charge in [-0.3, -0.25) is 4.79 Å². The summed E-state index contributed by atoms with van der Waals surface area (Å²) in [4.78, 5) is 11.7. The van der Waals surface area contributed by atoms with Crippen LogP contribution in [-0.2, 0) is 10.5 Å². The van der Waals surface area contributed by atoms with E-state index in [-0.39, 0.29) is 5.91 Å². The molecule has 3 N–H and O–H groups in total. The molecule has 1 saturated carbocycles. The van der Waals surface area contributed by atoms with Gasteiger partial charge >= 0.3 is 0 Å². The minimum Gasteiger partial charge on any atom is -0.368 e. The van der Waals surface area contributed by atoms with E-state index in [0.29, 0.717) is 6.04 Å². The first-order valence-corrected chi connectivity index (χ1v) is 8.77. The largest absolute Gasteiger partial charge is 0.368 e. The first-order chi connectivity index (χ1) is 9.89. The van der Waals surface area contributed by atoms with Crippen LogP contribution in [0.4, 0.5) is 0 Å². The van der Waals surface area contributed by atoms with Gasteiger partial charge < -0.3 is 11.1 Å². The Balaban J connectivity index is 1.80. The van der Waals surface area contributed by atoms with E-state index in [1.165, 1.54) is 29.5 Å². The maximum absolute atomic E-state index is 11.7. The second kappa shape index (κ2) is 6.84. The third-order valence-electron chi connectivity index (χ3n) is 3.94. The number of hydrogen-bond acceptors (Lipinski definition) is 3. The third-order valence-corrected chi connectivity index (χ3v) is 4.97. The van der Waals surface area contributed by atoms with E-state index in [2.05, 4.69) is 37.4 Å². The number of amides is 1. The highest BCUT2D eigenvalue weighted by atomic mass is 32.2. The molecule has 0 heterocycles. The van der Waals surface area contributed by atoms with Crippen LogP contribution in [0.3, 0.4) is 0 Å². The molecule has 0 radical (unpaired) electrons. The lowest BCUT2D eigenvalue weighted by Crippen LogP contribution is -2.54. The Morgan fingerprint density at radius 2 is 1.95 bits per heavy atom. The SMILES string of the molecule is Cc1cc(C)cc(CSCCC(C)(NC2CC2)C(N)=O)c1. The lowest BCUT2D eigenvalue weighted by Gasteiger charge is -2.27. The highest BCUT2D eigenvalue weighted by Gasteiger charge is 2.36. The molecule has 0 bridgehead atoms. The summed E-state index contributed by atoms with van der Waals surface area (Å²) in [7, 11) is 0. The molecule has 1 amide bonds. The Bertz CT molecular complexity index is 493. The summed E-state index contributed by atoms with van der Waals surface area (Å²) in [6.45, 7) is 6.20. The van der Waals surface area contributed by atoms with E-state index >= 15 is 0 Å². The van der Waals surface area contributed by atoms with Crippen LogP contribution in [0.5, 0.6) is 0 Å². The van der Waals surface area contributed by atoms with Crippen molar-refractivity contribution in [3.63, 3.8) is 0 Å². The van der Waals surface area contributed by atoms with E-state index < -0.39 is 5.54 Å². The van der Waals surface area contributed by atoms with Crippen LogP contribution in [0, 0.1) is 13.8 Å². The number of rotatable bonds is 8. The molecule has 2 rings (SSSR count). The first kappa shape index (κ1) is 16.4. The monoisotopic (exact) mass is 306 g/mol. The summed E-state index contributed by atoms with van der Waals surface area (Å²) in [5, 5.41) is 3.40. The van der Waals surface area contributed by atoms with Crippen molar-refractivity contribution >= 4 is 17.7 Å². The molecule has 0 saturated heterocycles. The molecule has 1 unspecified atom stereocenters. The quantitative estimate of drug-likeness (QED) is 0.726. The molecule has 116 valence electrons. The fourth-order valence-corrected chi connectivity index (χ4v) is 3.66. The van der Waals surface area contributed by atoms with E-state index in [1.54, 1.807) is 0 Å². The van der Waals surface area contributed by atoms with Gasteiger partial charge in [0.15, 0.2) is 0 Å². The van der Waals surface area contributed by atoms with Gasteiger partial charge in [0.05, 0.1) is 5.54 Å². The molecule has 1 fully saturated rings. The van der Waals surface area contributed by atoms with Crippen molar-refractivity contribution in [1.29, 1.82) is 0 Å². The van der Waals surface area contributed by atoms with Crippen molar-refractivity contribution in [2.45, 2.75) is 57.4 Å². The number of benzene rings is 1. The van der Waals surface area contributed by atoms with Gasteiger partial charge in [-0.15, -0.1) is 0 Å². The summed E-state index contributed by atoms with van der Waals surface area (Å²) >= 11 is 1.87. The fourth-order valence-electron chi connectivity index (χ4n) is 2.56. The maximum atomic E-state index is 11.7. The molecule has 1 aromatic rings. The summed E-state index contributed by atoms with van der Waals surface area (Å²) in [5.41, 5.74) is 8.98. The summed E-state index contributed by atoms with van der Waals surface area (Å²) in [6, 6.07) is 7.15. The Morgan fingerprint density at radius 3 is 2.48 bits per heavy atom. The zero-order chi connectivity index (χ0) is 15.5. The number of carbonyl (C=O) groups excluding carboxylic acids is 1. The Hall–Kier alpha value is -1.00. The van der Waals surface area contributed by atoms with Gasteiger partial charge in [-0.05, 0) is 51.3 Å². The molecule has 0 aliphatic heterocycles. The number of hydrogen-bond donors (Lipinski definition) is 2. The average molecular weight is 306 g/mol. The molecule has 1 aliphatic carbocycles. The fraction of sp³-hybridized carbons (Fsp3) is 0.588. The minimum absolute atomic E-state index is 0.235. The van der Waals surface area contributed by atoms with E-state index in [0.717, 1.165) is 17.9 Å². The van der Waals surface area contributed by atoms with Crippen LogP contribution in [0.2, 0.25) is 0 Å². The maximum Gasteiger partial charge on any atom is 0.237 e. The number of nitrogens with two attached hydrogens (primary N) is 1. The van der Waals surface area contributed by atoms with Crippen molar-refractivity contribution in [2.75, 3.05) is 5.75 Å². The van der Waals surface area contributed by atoms with E-state index in [4.69, 9.17) is 5.73 Å². The van der Waals surface area contributed by atoms with Gasteiger partial charge in [-0.2, -0.15) is 11.8 Å². The van der Waals surface area contributed by atoms with Gasteiger partial charge in [0.2, 0.25) is 5.91 Å². The number of thioether (sulfide) groups is 1. The molecule has 1 aliphatic rings. The van der Waals surface area contributed by atoms with Crippen molar-refractivity contribution in [3.05, 3.63) is 34.9 Å². The zero-order valence-electron chi connectivity index (χ0n) is 13.2. The van der Waals surface area contributed by atoms with Crippen LogP contribution in [0.15, 0.2) is 18.2 Å². The highest BCUT2D eigenvalue weighted by Crippen LogP contribution is 2.25. The number of aryl methyl sites for hydroxylation is 2. The molecule has 3 nitrogen and oxygen atoms in total. The molecular formula is C17H26N2OS. The van der Waals surface area contributed by atoms with Crippen LogP contribution < -0.4 is 11.1 Å². The summed E-state index contributed by atoms with van der Waals surface area (Å²) in [5.74, 6) is 1.69. The Labute approximate surface area is 132 Å². The smallest absolute Gasteiger partial charge is 0.237 e. The standard InChI is InChI=1S/C17H26N2OS/c1-12-8-13(2)10-14(9-12)11-21-7-6-17(3,16(18)20)19-15-4-5-15/h8-10,15,19H,4-7,11H2,1-3H3,(H2,18,20). The molecule has 0 aromatic heterocycles. The van der Waals surface area contributed by atoms with E-state index in [9.17, 15) is 4.79 Å². The first-order valence-electron chi connectivity index (χ1n) is 7.61. The minimum atomic E-state index is -0.559. The third kappa shape index (κ3) is 5.04. The summed E-state index contributed by atoms with van der Waals surface area (Å²) < 4.78 is 0. The predicted molar refractivity (Wildman–Crippen MR) is 90.5 cm³/mol. The molecule has 1 aromatic carbocycles. The topological polar surface area (TPSA) is 55.1 Å². The zero-order valence-corrected chi connectivity index (χ0v) is 14.1. The average Bonchev–Trinajstić information content (AvgIpc) is 3.17. The predicted octanol–water partition coefficient (Wildman–Crippen LogP) is 2.92. The summed E-state index contributed by atoms with van der Waals surface area (Å²) in [6.07, 6.45) is 3.12. The van der Waals surface area contributed by atoms with Crippen molar-refractivity contribution < 1.29 is 4.79 Å². The second-order valence-corrected chi connectivity index (χ2v) is 7.52. The van der Waals surface area contributed by atoms with Gasteiger partial charge in [-0.25, -0.2) is 0 Å². The van der Waals surface area contributed by atoms with Gasteiger partial charge in [-0.1, -0.05) is 29.3 Å². The lowest BCUT2D eigenvalue weighted by atomic mass is 9.98. The normalized spacial score (nSPS) is 17.5. The molecule has 0 spiro atoms. The number of primary amides is 1. The van der Waals surface area contributed by atoms with Crippen molar-refractivity contribution in [2.24, 2.45) is 5.73 Å². The number of carbonyl (C=O) groups is 1. The highest BCUT2D eigenvalue weighted by molar-refractivity contribution is 7.98. The van der Waals surface area contributed by atoms with Crippen LogP contribution in [-0.4, -0.2) is 23.2 Å². The van der Waals surface area contributed by atoms with Crippen LogP contribution in [0.25, 0.3) is 0 Å². The van der Waals surface area contributed by atoms with Crippen LogP contribution in [0.1, 0.15) is 42.9 Å². The lowest BCUT2D eigenvalue weighted by molar-refractivity contribution is -0.124. The molecule has 1 atom stereocenters. The second-order valence-electron chi connectivity index (χ2n) is 6.41. The van der Waals surface area contributed by atoms with Gasteiger partial charge in [0, 0.05) is 11.8 Å². The van der Waals surface area contributed by atoms with Gasteiger partial charge in [0.1, 0.15) is 0 Å². The van der Waals surface area contributed by atoms with Crippen LogP contribution >= 0.6 is 11.8 Å². The number of nitrogens with one attached hydrogen (secondary N) is 1. The molecule has 21 heavy (non-hydrogen) atoms. The molecule has 4 heteroatoms. The van der Waals surface area contributed by atoms with Gasteiger partial charge in [0.25, 0.3) is 0 Å². The Kier molecular flexibility index (Phi) is 5.33. The van der Waals surface area contributed by atoms with E-state index in [1.807, 2.05) is 18.7 Å².